The molecule has 0 aromatic carbocycles. The molecule has 1 aliphatic heterocycles. The lowest BCUT2D eigenvalue weighted by Crippen LogP contribution is -2.61. The van der Waals surface area contributed by atoms with Crippen molar-refractivity contribution in [1.29, 1.82) is 0 Å². The first-order chi connectivity index (χ1) is 34.7. The monoisotopic (exact) mass is 1000 g/mol. The van der Waals surface area contributed by atoms with Crippen LogP contribution in [0.2, 0.25) is 0 Å². The number of esters is 1. The number of rotatable bonds is 49. The van der Waals surface area contributed by atoms with Gasteiger partial charge >= 0.3 is 5.97 Å². The Bertz CT molecular complexity index is 1340. The van der Waals surface area contributed by atoms with Gasteiger partial charge < -0.3 is 45.1 Å². The van der Waals surface area contributed by atoms with Gasteiger partial charge in [-0.15, -0.1) is 0 Å². The van der Waals surface area contributed by atoms with Crippen molar-refractivity contribution in [3.05, 3.63) is 48.6 Å². The molecule has 6 N–H and O–H groups in total. The highest BCUT2D eigenvalue weighted by molar-refractivity contribution is 5.80. The Morgan fingerprint density at radius 3 is 1.48 bits per heavy atom. The standard InChI is InChI=1S/C60H109NO10/c1-4-7-10-13-16-19-22-24-25-26-27-28-30-32-35-38-41-44-47-53(64)59(68)61-51(52(63)46-43-40-37-34-31-21-18-15-12-9-6-3)50-69-60-58(57(67)56(66)54(49-62)70-60)71-55(65)48-45-42-39-36-33-29-23-20-17-14-11-8-5-2/h16,19,24-25,27-28,43,46,51-54,56-58,60,62-64,66-67H,4-15,17-18,20-23,26,29-42,44-45,47-50H2,1-3H3,(H,61,68)/b19-16-,25-24-,28-27-,46-43+. The van der Waals surface area contributed by atoms with Crippen LogP contribution >= 0.6 is 0 Å². The van der Waals surface area contributed by atoms with E-state index in [1.807, 2.05) is 6.08 Å². The number of carbonyl (C=O) groups excluding carboxylic acids is 2. The van der Waals surface area contributed by atoms with Crippen molar-refractivity contribution in [2.45, 2.75) is 307 Å². The van der Waals surface area contributed by atoms with E-state index in [0.717, 1.165) is 83.5 Å². The zero-order chi connectivity index (χ0) is 51.8. The average molecular weight is 1000 g/mol. The molecule has 0 radical (unpaired) electrons. The number of ether oxygens (including phenoxy) is 3. The summed E-state index contributed by atoms with van der Waals surface area (Å²) in [5.41, 5.74) is 0. The molecule has 1 amide bonds. The number of aliphatic hydroxyl groups excluding tert-OH is 5. The van der Waals surface area contributed by atoms with Crippen molar-refractivity contribution >= 4 is 11.9 Å². The van der Waals surface area contributed by atoms with Crippen molar-refractivity contribution in [2.75, 3.05) is 13.2 Å². The van der Waals surface area contributed by atoms with Crippen LogP contribution in [0.3, 0.4) is 0 Å². The van der Waals surface area contributed by atoms with E-state index < -0.39 is 67.4 Å². The maximum absolute atomic E-state index is 13.4. The first kappa shape index (κ1) is 66.6. The fourth-order valence-electron chi connectivity index (χ4n) is 9.01. The van der Waals surface area contributed by atoms with Crippen molar-refractivity contribution in [3.8, 4) is 0 Å². The van der Waals surface area contributed by atoms with Crippen LogP contribution in [-0.2, 0) is 23.8 Å². The Balaban J connectivity index is 2.71. The predicted octanol–water partition coefficient (Wildman–Crippen LogP) is 13.3. The zero-order valence-corrected chi connectivity index (χ0v) is 45.6. The molecule has 0 bridgehead atoms. The van der Waals surface area contributed by atoms with Crippen LogP contribution in [0, 0.1) is 0 Å². The summed E-state index contributed by atoms with van der Waals surface area (Å²) >= 11 is 0. The van der Waals surface area contributed by atoms with Gasteiger partial charge in [0.1, 0.15) is 24.4 Å². The maximum Gasteiger partial charge on any atom is 0.306 e. The molecule has 1 aliphatic rings. The van der Waals surface area contributed by atoms with Crippen LogP contribution in [-0.4, -0.2) is 99.6 Å². The van der Waals surface area contributed by atoms with Gasteiger partial charge in [-0.05, 0) is 64.2 Å². The summed E-state index contributed by atoms with van der Waals surface area (Å²) in [7, 11) is 0. The summed E-state index contributed by atoms with van der Waals surface area (Å²) in [5.74, 6) is -1.20. The topological polar surface area (TPSA) is 175 Å². The molecule has 0 saturated carbocycles. The van der Waals surface area contributed by atoms with Crippen LogP contribution in [0.5, 0.6) is 0 Å². The molecule has 8 unspecified atom stereocenters. The first-order valence-corrected chi connectivity index (χ1v) is 29.4. The number of nitrogens with one attached hydrogen (secondary N) is 1. The SMILES string of the molecule is CCCCC/C=C\C/C=C\C/C=C\CCCCCCCC(O)C(=O)NC(COC1OC(CO)C(O)C(O)C1OC(=O)CCCCCCCCCCCCCCC)C(O)/C=C/CCCCCCCCCCC. The molecule has 8 atom stereocenters. The highest BCUT2D eigenvalue weighted by Crippen LogP contribution is 2.26. The summed E-state index contributed by atoms with van der Waals surface area (Å²) in [6.45, 7) is 5.74. The molecule has 1 rings (SSSR count). The van der Waals surface area contributed by atoms with Gasteiger partial charge in [-0.3, -0.25) is 9.59 Å². The molecule has 11 heteroatoms. The molecule has 1 saturated heterocycles. The molecule has 1 fully saturated rings. The number of unbranched alkanes of at least 4 members (excludes halogenated alkanes) is 29. The summed E-state index contributed by atoms with van der Waals surface area (Å²) in [4.78, 5) is 26.4. The van der Waals surface area contributed by atoms with E-state index in [1.54, 1.807) is 6.08 Å². The minimum Gasteiger partial charge on any atom is -0.454 e. The number of carbonyl (C=O) groups is 2. The second-order valence-corrected chi connectivity index (χ2v) is 20.4. The van der Waals surface area contributed by atoms with Gasteiger partial charge in [-0.1, -0.05) is 236 Å². The third-order valence-corrected chi connectivity index (χ3v) is 13.7. The Labute approximate surface area is 434 Å². The molecule has 0 aromatic rings. The second-order valence-electron chi connectivity index (χ2n) is 20.4. The predicted molar refractivity (Wildman–Crippen MR) is 292 cm³/mol. The summed E-state index contributed by atoms with van der Waals surface area (Å²) < 4.78 is 17.6. The zero-order valence-electron chi connectivity index (χ0n) is 45.6. The highest BCUT2D eigenvalue weighted by atomic mass is 16.7. The molecule has 0 spiro atoms. The van der Waals surface area contributed by atoms with Gasteiger partial charge in [0.2, 0.25) is 5.91 Å². The molecule has 0 aliphatic carbocycles. The lowest BCUT2D eigenvalue weighted by molar-refractivity contribution is -0.305. The molecule has 11 nitrogen and oxygen atoms in total. The molecule has 1 heterocycles. The minimum atomic E-state index is -1.61. The number of aliphatic hydroxyl groups is 5. The van der Waals surface area contributed by atoms with Crippen LogP contribution in [0.4, 0.5) is 0 Å². The molecule has 414 valence electrons. The van der Waals surface area contributed by atoms with E-state index in [0.29, 0.717) is 12.8 Å². The Hall–Kier alpha value is -2.38. The summed E-state index contributed by atoms with van der Waals surface area (Å²) in [5, 5.41) is 56.8. The third-order valence-electron chi connectivity index (χ3n) is 13.7. The molecule has 71 heavy (non-hydrogen) atoms. The van der Waals surface area contributed by atoms with Crippen LogP contribution < -0.4 is 5.32 Å². The van der Waals surface area contributed by atoms with Crippen LogP contribution in [0.15, 0.2) is 48.6 Å². The Kier molecular flexibility index (Phi) is 45.6. The first-order valence-electron chi connectivity index (χ1n) is 29.4. The van der Waals surface area contributed by atoms with Crippen molar-refractivity contribution in [3.63, 3.8) is 0 Å². The number of hydrogen-bond donors (Lipinski definition) is 6. The Morgan fingerprint density at radius 2 is 0.972 bits per heavy atom. The summed E-state index contributed by atoms with van der Waals surface area (Å²) in [6, 6.07) is -1.03. The number of hydrogen-bond acceptors (Lipinski definition) is 10. The number of amides is 1. The minimum absolute atomic E-state index is 0.125. The fourth-order valence-corrected chi connectivity index (χ4v) is 9.01. The molecule has 0 aromatic heterocycles. The second kappa shape index (κ2) is 48.6. The quantitative estimate of drug-likeness (QED) is 0.0195. The molecular formula is C60H109NO10. The van der Waals surface area contributed by atoms with Gasteiger partial charge in [0.15, 0.2) is 12.4 Å². The van der Waals surface area contributed by atoms with Crippen molar-refractivity contribution in [1.82, 2.24) is 5.32 Å². The normalized spacial score (nSPS) is 19.9. The largest absolute Gasteiger partial charge is 0.454 e. The lowest BCUT2D eigenvalue weighted by atomic mass is 9.99. The van der Waals surface area contributed by atoms with Gasteiger partial charge in [-0.2, -0.15) is 0 Å². The van der Waals surface area contributed by atoms with Gasteiger partial charge in [0.25, 0.3) is 0 Å². The molecular weight excluding hydrogens is 895 g/mol. The van der Waals surface area contributed by atoms with E-state index in [4.69, 9.17) is 14.2 Å². The number of allylic oxidation sites excluding steroid dienone is 7. The smallest absolute Gasteiger partial charge is 0.306 e. The third kappa shape index (κ3) is 37.1. The highest BCUT2D eigenvalue weighted by Gasteiger charge is 2.47. The van der Waals surface area contributed by atoms with E-state index in [9.17, 15) is 35.1 Å². The van der Waals surface area contributed by atoms with Gasteiger partial charge in [0, 0.05) is 6.42 Å². The van der Waals surface area contributed by atoms with Crippen molar-refractivity contribution in [2.24, 2.45) is 0 Å². The maximum atomic E-state index is 13.4. The van der Waals surface area contributed by atoms with Gasteiger partial charge in [-0.25, -0.2) is 0 Å². The summed E-state index contributed by atoms with van der Waals surface area (Å²) in [6.07, 6.45) is 47.2. The van der Waals surface area contributed by atoms with E-state index >= 15 is 0 Å². The average Bonchev–Trinajstić information content (AvgIpc) is 3.37. The van der Waals surface area contributed by atoms with E-state index in [2.05, 4.69) is 62.5 Å². The Morgan fingerprint density at radius 1 is 0.549 bits per heavy atom. The fraction of sp³-hybridized carbons (Fsp3) is 0.833. The van der Waals surface area contributed by atoms with E-state index in [-0.39, 0.29) is 19.4 Å². The van der Waals surface area contributed by atoms with E-state index in [1.165, 1.54) is 128 Å². The van der Waals surface area contributed by atoms with Crippen LogP contribution in [0.25, 0.3) is 0 Å². The van der Waals surface area contributed by atoms with Gasteiger partial charge in [0.05, 0.1) is 25.4 Å². The van der Waals surface area contributed by atoms with Crippen LogP contribution in [0.1, 0.15) is 258 Å². The lowest BCUT2D eigenvalue weighted by Gasteiger charge is -2.41. The van der Waals surface area contributed by atoms with Crippen molar-refractivity contribution < 1.29 is 49.3 Å².